The van der Waals surface area contributed by atoms with Gasteiger partial charge in [-0.25, -0.2) is 4.79 Å². The predicted octanol–water partition coefficient (Wildman–Crippen LogP) is -2.84. The minimum atomic E-state index is -1.45. The fourth-order valence-electron chi connectivity index (χ4n) is 4.98. The minimum Gasteiger partial charge on any atom is -0.480 e. The molecule has 1 aliphatic rings. The average Bonchev–Trinajstić information content (AvgIpc) is 3.61. The lowest BCUT2D eigenvalue weighted by atomic mass is 10.0. The first-order valence-electron chi connectivity index (χ1n) is 16.4. The van der Waals surface area contributed by atoms with E-state index in [9.17, 15) is 43.8 Å². The Hall–Kier alpha value is -4.61. The van der Waals surface area contributed by atoms with Gasteiger partial charge in [0.15, 0.2) is 0 Å². The van der Waals surface area contributed by atoms with Gasteiger partial charge in [-0.15, -0.1) is 0 Å². The molecule has 7 atom stereocenters. The fraction of sp³-hybridized carbons (Fsp3) is 0.594. The summed E-state index contributed by atoms with van der Waals surface area (Å²) < 4.78 is 0. The zero-order valence-corrected chi connectivity index (χ0v) is 28.1. The summed E-state index contributed by atoms with van der Waals surface area (Å²) in [5, 5.41) is 37.4. The number of nitrogens with two attached hydrogens (primary N) is 1. The van der Waals surface area contributed by atoms with Crippen LogP contribution in [-0.2, 0) is 40.0 Å². The van der Waals surface area contributed by atoms with Crippen molar-refractivity contribution in [1.29, 1.82) is 0 Å². The Morgan fingerprint density at radius 1 is 0.837 bits per heavy atom. The van der Waals surface area contributed by atoms with Crippen molar-refractivity contribution in [3.8, 4) is 0 Å². The Bertz CT molecular complexity index is 1290. The highest BCUT2D eigenvalue weighted by Gasteiger charge is 2.31. The second kappa shape index (κ2) is 20.7. The van der Waals surface area contributed by atoms with Crippen LogP contribution < -0.4 is 43.0 Å². The second-order valence-electron chi connectivity index (χ2n) is 12.0. The summed E-state index contributed by atoms with van der Waals surface area (Å²) in [6.45, 7) is 4.60. The molecule has 272 valence electrons. The fourth-order valence-corrected chi connectivity index (χ4v) is 4.98. The third-order valence-electron chi connectivity index (χ3n) is 7.86. The number of carboxylic acids is 1. The number of carbonyl (C=O) groups excluding carboxylic acids is 6. The zero-order chi connectivity index (χ0) is 36.5. The van der Waals surface area contributed by atoms with Gasteiger partial charge in [-0.3, -0.25) is 28.8 Å². The number of hydrogen-bond acceptors (Lipinski definition) is 10. The quantitative estimate of drug-likeness (QED) is 0.0623. The number of aliphatic hydroxyl groups excluding tert-OH is 1. The maximum atomic E-state index is 13.2. The van der Waals surface area contributed by atoms with Crippen molar-refractivity contribution in [1.82, 2.24) is 37.2 Å². The van der Waals surface area contributed by atoms with Crippen LogP contribution >= 0.6 is 0 Å². The molecule has 17 nitrogen and oxygen atoms in total. The summed E-state index contributed by atoms with van der Waals surface area (Å²) in [6.07, 6.45) is 1.35. The van der Waals surface area contributed by atoms with Crippen LogP contribution in [0.1, 0.15) is 58.4 Å². The molecule has 49 heavy (non-hydrogen) atoms. The lowest BCUT2D eigenvalue weighted by Crippen LogP contribution is -2.59. The van der Waals surface area contributed by atoms with E-state index in [1.807, 2.05) is 0 Å². The van der Waals surface area contributed by atoms with Crippen molar-refractivity contribution in [2.24, 2.45) is 5.73 Å². The first-order valence-corrected chi connectivity index (χ1v) is 16.4. The molecule has 0 aromatic heterocycles. The number of nitrogens with one attached hydrogen (secondary N) is 7. The lowest BCUT2D eigenvalue weighted by Gasteiger charge is -2.25. The van der Waals surface area contributed by atoms with E-state index in [1.54, 1.807) is 30.3 Å². The second-order valence-corrected chi connectivity index (χ2v) is 12.0. The molecule has 0 radical (unpaired) electrons. The van der Waals surface area contributed by atoms with Gasteiger partial charge >= 0.3 is 5.97 Å². The molecular formula is C32H50N8O9. The van der Waals surface area contributed by atoms with Gasteiger partial charge < -0.3 is 53.2 Å². The van der Waals surface area contributed by atoms with Crippen molar-refractivity contribution in [2.45, 2.75) is 102 Å². The van der Waals surface area contributed by atoms with Gasteiger partial charge in [0.25, 0.3) is 0 Å². The maximum absolute atomic E-state index is 13.2. The van der Waals surface area contributed by atoms with Crippen LogP contribution in [0.15, 0.2) is 30.3 Å². The Morgan fingerprint density at radius 2 is 1.45 bits per heavy atom. The monoisotopic (exact) mass is 690 g/mol. The van der Waals surface area contributed by atoms with Crippen LogP contribution in [0, 0.1) is 0 Å². The molecule has 1 fully saturated rings. The molecule has 0 spiro atoms. The van der Waals surface area contributed by atoms with Crippen LogP contribution in [-0.4, -0.2) is 114 Å². The van der Waals surface area contributed by atoms with Gasteiger partial charge in [0, 0.05) is 6.42 Å². The summed E-state index contributed by atoms with van der Waals surface area (Å²) in [7, 11) is 0. The third-order valence-corrected chi connectivity index (χ3v) is 7.86. The van der Waals surface area contributed by atoms with Crippen LogP contribution in [0.5, 0.6) is 0 Å². The van der Waals surface area contributed by atoms with E-state index in [-0.39, 0.29) is 18.7 Å². The molecule has 1 aromatic carbocycles. The number of aliphatic carboxylic acids is 1. The molecule has 0 aliphatic carbocycles. The molecule has 1 heterocycles. The number of carboxylic acid groups (broad SMARTS) is 1. The lowest BCUT2D eigenvalue weighted by molar-refractivity contribution is -0.142. The van der Waals surface area contributed by atoms with Gasteiger partial charge in [0.1, 0.15) is 30.2 Å². The normalized spacial score (nSPS) is 17.6. The van der Waals surface area contributed by atoms with Gasteiger partial charge in [-0.1, -0.05) is 30.3 Å². The molecule has 11 N–H and O–H groups in total. The highest BCUT2D eigenvalue weighted by molar-refractivity contribution is 5.96. The molecule has 0 unspecified atom stereocenters. The molecule has 2 rings (SSSR count). The zero-order valence-electron chi connectivity index (χ0n) is 28.1. The van der Waals surface area contributed by atoms with E-state index in [4.69, 9.17) is 5.73 Å². The van der Waals surface area contributed by atoms with Crippen molar-refractivity contribution in [2.75, 3.05) is 19.6 Å². The number of unbranched alkanes of at least 4 members (excludes halogenated alkanes) is 1. The van der Waals surface area contributed by atoms with E-state index in [0.717, 1.165) is 6.42 Å². The number of hydrogen-bond donors (Lipinski definition) is 10. The third kappa shape index (κ3) is 14.2. The van der Waals surface area contributed by atoms with Crippen LogP contribution in [0.3, 0.4) is 0 Å². The SMILES string of the molecule is C[C@H](NC(=O)[C@H](C)NC(=O)[C@@H](NC(=O)CNC(=O)[C@@H]1CCCN1)[C@@H](C)O)C(=O)N[C@@H](Cc1ccccc1)C(=O)N[C@@H](CCCCN)C(=O)O. The molecular weight excluding hydrogens is 640 g/mol. The molecule has 0 bridgehead atoms. The van der Waals surface area contributed by atoms with Gasteiger partial charge in [0.05, 0.1) is 18.7 Å². The standard InChI is InChI=1S/C32H50N8O9/c1-18(37-31(47)26(20(3)41)40-25(42)17-35-29(45)22-13-9-15-34-22)27(43)36-19(2)28(44)39-24(16-21-10-5-4-6-11-21)30(46)38-23(32(48)49)12-7-8-14-33/h4-6,10-11,18-20,22-24,26,34,41H,7-9,12-17,33H2,1-3H3,(H,35,45)(H,36,43)(H,37,47)(H,38,46)(H,39,44)(H,40,42)(H,48,49)/t18-,19-,20+,22-,23-,24-,26-/m0/s1. The van der Waals surface area contributed by atoms with E-state index in [2.05, 4.69) is 37.2 Å². The van der Waals surface area contributed by atoms with E-state index >= 15 is 0 Å². The predicted molar refractivity (Wildman–Crippen MR) is 177 cm³/mol. The Morgan fingerprint density at radius 3 is 2.02 bits per heavy atom. The first-order chi connectivity index (χ1) is 23.2. The van der Waals surface area contributed by atoms with Gasteiger partial charge in [-0.05, 0) is 71.5 Å². The van der Waals surface area contributed by atoms with Crippen molar-refractivity contribution >= 4 is 41.4 Å². The van der Waals surface area contributed by atoms with Gasteiger partial charge in [-0.2, -0.15) is 0 Å². The molecule has 17 heteroatoms. The van der Waals surface area contributed by atoms with E-state index in [0.29, 0.717) is 37.9 Å². The highest BCUT2D eigenvalue weighted by atomic mass is 16.4. The van der Waals surface area contributed by atoms with Crippen LogP contribution in [0.4, 0.5) is 0 Å². The summed E-state index contributed by atoms with van der Waals surface area (Å²) in [4.78, 5) is 88.4. The Labute approximate surface area is 285 Å². The van der Waals surface area contributed by atoms with Gasteiger partial charge in [0.2, 0.25) is 35.4 Å². The smallest absolute Gasteiger partial charge is 0.326 e. The number of carbonyl (C=O) groups is 7. The molecule has 1 aromatic rings. The number of amides is 6. The summed E-state index contributed by atoms with van der Waals surface area (Å²) in [5.74, 6) is -5.45. The van der Waals surface area contributed by atoms with Crippen molar-refractivity contribution in [3.63, 3.8) is 0 Å². The molecule has 6 amide bonds. The minimum absolute atomic E-state index is 0.0360. The Kier molecular flexibility index (Phi) is 17.1. The highest BCUT2D eigenvalue weighted by Crippen LogP contribution is 2.07. The van der Waals surface area contributed by atoms with Crippen LogP contribution in [0.2, 0.25) is 0 Å². The molecule has 1 aliphatic heterocycles. The molecule has 1 saturated heterocycles. The van der Waals surface area contributed by atoms with Crippen LogP contribution in [0.25, 0.3) is 0 Å². The topological polar surface area (TPSA) is 270 Å². The average molecular weight is 691 g/mol. The molecule has 0 saturated carbocycles. The van der Waals surface area contributed by atoms with E-state index in [1.165, 1.54) is 20.8 Å². The van der Waals surface area contributed by atoms with Crippen molar-refractivity contribution < 1.29 is 43.8 Å². The summed E-state index contributed by atoms with van der Waals surface area (Å²) >= 11 is 0. The largest absolute Gasteiger partial charge is 0.480 e. The summed E-state index contributed by atoms with van der Waals surface area (Å²) in [6, 6.07) is 2.11. The summed E-state index contributed by atoms with van der Waals surface area (Å²) in [5.41, 5.74) is 6.19. The van der Waals surface area contributed by atoms with E-state index < -0.39 is 84.4 Å². The maximum Gasteiger partial charge on any atom is 0.326 e. The van der Waals surface area contributed by atoms with Crippen molar-refractivity contribution in [3.05, 3.63) is 35.9 Å². The number of benzene rings is 1. The Balaban J connectivity index is 1.98. The number of aliphatic hydroxyl groups is 1. The number of rotatable bonds is 20. The first kappa shape index (κ1) is 40.6.